The van der Waals surface area contributed by atoms with Crippen molar-refractivity contribution in [2.45, 2.75) is 84.1 Å². The monoisotopic (exact) mass is 253 g/mol. The van der Waals surface area contributed by atoms with Crippen molar-refractivity contribution >= 4 is 0 Å². The minimum absolute atomic E-state index is 0.515. The molecule has 0 radical (unpaired) electrons. The molecule has 0 bridgehead atoms. The van der Waals surface area contributed by atoms with Gasteiger partial charge in [-0.2, -0.15) is 0 Å². The van der Waals surface area contributed by atoms with Crippen LogP contribution in [0.1, 0.15) is 78.6 Å². The van der Waals surface area contributed by atoms with Crippen molar-refractivity contribution in [3.05, 3.63) is 0 Å². The Bertz CT molecular complexity index is 208. The molecule has 1 heteroatoms. The maximum Gasteiger partial charge on any atom is 0.0206 e. The average Bonchev–Trinajstić information content (AvgIpc) is 2.33. The second-order valence-corrected chi connectivity index (χ2v) is 6.95. The topological polar surface area (TPSA) is 3.24 Å². The minimum atomic E-state index is 0.515. The lowest BCUT2D eigenvalue weighted by atomic mass is 9.70. The molecule has 1 fully saturated rings. The van der Waals surface area contributed by atoms with Crippen molar-refractivity contribution in [2.24, 2.45) is 11.8 Å². The predicted octanol–water partition coefficient (Wildman–Crippen LogP) is 5.10. The molecule has 1 saturated carbocycles. The first-order valence-electron chi connectivity index (χ1n) is 8.21. The third-order valence-corrected chi connectivity index (χ3v) is 5.22. The summed E-state index contributed by atoms with van der Waals surface area (Å²) < 4.78 is 0. The lowest BCUT2D eigenvalue weighted by molar-refractivity contribution is 0.0537. The van der Waals surface area contributed by atoms with Gasteiger partial charge in [0.25, 0.3) is 0 Å². The summed E-state index contributed by atoms with van der Waals surface area (Å²) in [6.45, 7) is 7.11. The van der Waals surface area contributed by atoms with Crippen molar-refractivity contribution in [3.63, 3.8) is 0 Å². The second-order valence-electron chi connectivity index (χ2n) is 6.95. The van der Waals surface area contributed by atoms with E-state index in [2.05, 4.69) is 39.8 Å². The number of nitrogens with zero attached hydrogens (tertiary/aromatic N) is 1. The smallest absolute Gasteiger partial charge is 0.0206 e. The normalized spacial score (nSPS) is 29.2. The summed E-state index contributed by atoms with van der Waals surface area (Å²) in [6, 6.07) is 0. The summed E-state index contributed by atoms with van der Waals surface area (Å²) in [5.74, 6) is 1.91. The van der Waals surface area contributed by atoms with Gasteiger partial charge in [-0.05, 0) is 58.0 Å². The highest BCUT2D eigenvalue weighted by Crippen LogP contribution is 2.41. The zero-order valence-electron chi connectivity index (χ0n) is 13.5. The summed E-state index contributed by atoms with van der Waals surface area (Å²) in [5.41, 5.74) is 0.515. The Balaban J connectivity index is 2.65. The molecular weight excluding hydrogens is 218 g/mol. The highest BCUT2D eigenvalue weighted by molar-refractivity contribution is 4.93. The van der Waals surface area contributed by atoms with E-state index in [0.717, 1.165) is 11.8 Å². The van der Waals surface area contributed by atoms with E-state index >= 15 is 0 Å². The zero-order valence-corrected chi connectivity index (χ0v) is 13.5. The van der Waals surface area contributed by atoms with Gasteiger partial charge in [0, 0.05) is 5.54 Å². The van der Waals surface area contributed by atoms with Gasteiger partial charge in [0.15, 0.2) is 0 Å². The van der Waals surface area contributed by atoms with E-state index in [1.165, 1.54) is 57.8 Å². The second kappa shape index (κ2) is 7.53. The van der Waals surface area contributed by atoms with Crippen molar-refractivity contribution in [2.75, 3.05) is 14.1 Å². The molecule has 0 aromatic carbocycles. The molecule has 0 aliphatic heterocycles. The van der Waals surface area contributed by atoms with Crippen molar-refractivity contribution in [3.8, 4) is 0 Å². The third kappa shape index (κ3) is 4.26. The van der Waals surface area contributed by atoms with Crippen LogP contribution in [0.2, 0.25) is 0 Å². The molecule has 0 amide bonds. The van der Waals surface area contributed by atoms with Gasteiger partial charge in [-0.3, -0.25) is 0 Å². The summed E-state index contributed by atoms with van der Waals surface area (Å²) in [5, 5.41) is 0. The van der Waals surface area contributed by atoms with Gasteiger partial charge < -0.3 is 4.90 Å². The lowest BCUT2D eigenvalue weighted by Crippen LogP contribution is -2.48. The average molecular weight is 253 g/mol. The fourth-order valence-corrected chi connectivity index (χ4v) is 3.84. The summed E-state index contributed by atoms with van der Waals surface area (Å²) in [4.78, 5) is 2.55. The van der Waals surface area contributed by atoms with Crippen LogP contribution in [0.25, 0.3) is 0 Å². The quantitative estimate of drug-likeness (QED) is 0.610. The molecule has 1 aliphatic rings. The molecule has 0 aromatic heterocycles. The zero-order chi connectivity index (χ0) is 13.6. The van der Waals surface area contributed by atoms with Gasteiger partial charge in [-0.25, -0.2) is 0 Å². The van der Waals surface area contributed by atoms with Crippen LogP contribution in [0.3, 0.4) is 0 Å². The summed E-state index contributed by atoms with van der Waals surface area (Å²) >= 11 is 0. The molecule has 0 atom stereocenters. The molecule has 1 aliphatic carbocycles. The van der Waals surface area contributed by atoms with Crippen LogP contribution in [-0.4, -0.2) is 24.5 Å². The van der Waals surface area contributed by atoms with Crippen LogP contribution < -0.4 is 0 Å². The Labute approximate surface area is 115 Å². The number of hydrogen-bond acceptors (Lipinski definition) is 1. The van der Waals surface area contributed by atoms with E-state index in [1.54, 1.807) is 0 Å². The maximum absolute atomic E-state index is 2.55. The van der Waals surface area contributed by atoms with Gasteiger partial charge in [0.1, 0.15) is 0 Å². The fraction of sp³-hybridized carbons (Fsp3) is 1.00. The van der Waals surface area contributed by atoms with Crippen LogP contribution >= 0.6 is 0 Å². The molecule has 1 nitrogen and oxygen atoms in total. The molecule has 0 N–H and O–H groups in total. The fourth-order valence-electron chi connectivity index (χ4n) is 3.84. The Morgan fingerprint density at radius 1 is 1.06 bits per heavy atom. The van der Waals surface area contributed by atoms with Crippen LogP contribution in [0.15, 0.2) is 0 Å². The van der Waals surface area contributed by atoms with Crippen LogP contribution in [0, 0.1) is 11.8 Å². The molecular formula is C17H35N. The SMILES string of the molecule is CCCC(CCC)CC1(N(C)C)CCC(C)CC1. The molecule has 0 spiro atoms. The van der Waals surface area contributed by atoms with Gasteiger partial charge in [0.2, 0.25) is 0 Å². The highest BCUT2D eigenvalue weighted by atomic mass is 15.1. The van der Waals surface area contributed by atoms with Gasteiger partial charge in [0.05, 0.1) is 0 Å². The number of hydrogen-bond donors (Lipinski definition) is 0. The first kappa shape index (κ1) is 16.0. The van der Waals surface area contributed by atoms with E-state index in [0.29, 0.717) is 5.54 Å². The first-order valence-corrected chi connectivity index (χ1v) is 8.21. The van der Waals surface area contributed by atoms with Crippen molar-refractivity contribution in [1.29, 1.82) is 0 Å². The van der Waals surface area contributed by atoms with E-state index in [4.69, 9.17) is 0 Å². The summed E-state index contributed by atoms with van der Waals surface area (Å²) in [6.07, 6.45) is 12.7. The molecule has 18 heavy (non-hydrogen) atoms. The molecule has 1 rings (SSSR count). The molecule has 108 valence electrons. The van der Waals surface area contributed by atoms with Crippen LogP contribution in [-0.2, 0) is 0 Å². The van der Waals surface area contributed by atoms with E-state index in [1.807, 2.05) is 0 Å². The van der Waals surface area contributed by atoms with Crippen molar-refractivity contribution < 1.29 is 0 Å². The third-order valence-electron chi connectivity index (χ3n) is 5.22. The Kier molecular flexibility index (Phi) is 6.70. The molecule has 0 aromatic rings. The number of rotatable bonds is 7. The van der Waals surface area contributed by atoms with Crippen molar-refractivity contribution in [1.82, 2.24) is 4.90 Å². The maximum atomic E-state index is 2.55. The van der Waals surface area contributed by atoms with Gasteiger partial charge in [-0.15, -0.1) is 0 Å². The first-order chi connectivity index (χ1) is 8.54. The Morgan fingerprint density at radius 3 is 1.94 bits per heavy atom. The minimum Gasteiger partial charge on any atom is -0.304 e. The molecule has 0 unspecified atom stereocenters. The lowest BCUT2D eigenvalue weighted by Gasteiger charge is -2.46. The van der Waals surface area contributed by atoms with E-state index in [9.17, 15) is 0 Å². The highest BCUT2D eigenvalue weighted by Gasteiger charge is 2.37. The Morgan fingerprint density at radius 2 is 1.56 bits per heavy atom. The van der Waals surface area contributed by atoms with E-state index < -0.39 is 0 Å². The summed E-state index contributed by atoms with van der Waals surface area (Å²) in [7, 11) is 4.62. The van der Waals surface area contributed by atoms with Gasteiger partial charge >= 0.3 is 0 Å². The molecule has 0 heterocycles. The van der Waals surface area contributed by atoms with Crippen LogP contribution in [0.4, 0.5) is 0 Å². The predicted molar refractivity (Wildman–Crippen MR) is 82.0 cm³/mol. The standard InChI is InChI=1S/C17H35N/c1-6-8-16(9-7-2)14-17(18(4)5)12-10-15(3)11-13-17/h15-16H,6-14H2,1-5H3. The van der Waals surface area contributed by atoms with Gasteiger partial charge in [-0.1, -0.05) is 46.5 Å². The largest absolute Gasteiger partial charge is 0.304 e. The van der Waals surface area contributed by atoms with E-state index in [-0.39, 0.29) is 0 Å². The Hall–Kier alpha value is -0.0400. The molecule has 0 saturated heterocycles. The van der Waals surface area contributed by atoms with Crippen LogP contribution in [0.5, 0.6) is 0 Å².